The van der Waals surface area contributed by atoms with Gasteiger partial charge in [-0.2, -0.15) is 0 Å². The van der Waals surface area contributed by atoms with Crippen molar-refractivity contribution in [3.8, 4) is 0 Å². The van der Waals surface area contributed by atoms with Crippen molar-refractivity contribution < 1.29 is 0 Å². The van der Waals surface area contributed by atoms with Crippen LogP contribution in [0.4, 0.5) is 0 Å². The molecule has 0 atom stereocenters. The number of pyridine rings is 1. The van der Waals surface area contributed by atoms with Crippen molar-refractivity contribution in [2.24, 2.45) is 0 Å². The zero-order valence-electron chi connectivity index (χ0n) is 10.1. The minimum Gasteiger partial charge on any atom is -0.257 e. The summed E-state index contributed by atoms with van der Waals surface area (Å²) in [6.07, 6.45) is 1.74. The predicted molar refractivity (Wildman–Crippen MR) is 89.9 cm³/mol. The maximum Gasteiger partial charge on any atom is 0.152 e. The summed E-state index contributed by atoms with van der Waals surface area (Å²) in [6.45, 7) is 2.09. The lowest BCUT2D eigenvalue weighted by atomic mass is 10.2. The van der Waals surface area contributed by atoms with E-state index in [2.05, 4.69) is 68.8 Å². The van der Waals surface area contributed by atoms with Gasteiger partial charge in [-0.15, -0.1) is 0 Å². The number of rotatable bonds is 2. The Bertz CT molecular complexity index is 737. The Hall–Kier alpha value is -0.720. The fourth-order valence-corrected chi connectivity index (χ4v) is 3.68. The molecule has 2 heterocycles. The summed E-state index contributed by atoms with van der Waals surface area (Å²) >= 11 is 10.2. The fourth-order valence-electron chi connectivity index (χ4n) is 1.81. The topological polar surface area (TPSA) is 17.8 Å². The molecule has 2 aromatic heterocycles. The third-order valence-electron chi connectivity index (χ3n) is 2.78. The van der Waals surface area contributed by atoms with Crippen LogP contribution in [0.25, 0.3) is 11.0 Å². The summed E-state index contributed by atoms with van der Waals surface area (Å²) in [5, 5.41) is 1.74. The first-order valence-corrected chi connectivity index (χ1v) is 7.94. The van der Waals surface area contributed by atoms with Gasteiger partial charge in [0.1, 0.15) is 0 Å². The Kier molecular flexibility index (Phi) is 3.73. The second-order valence-corrected chi connectivity index (χ2v) is 6.73. The Labute approximate surface area is 134 Å². The van der Waals surface area contributed by atoms with Gasteiger partial charge in [-0.3, -0.25) is 3.97 Å². The van der Waals surface area contributed by atoms with Crippen molar-refractivity contribution >= 4 is 57.2 Å². The SMILES string of the molecule is Cc1ccc(Sn2c(I)cc3c(Cl)ccnc32)cc1. The summed E-state index contributed by atoms with van der Waals surface area (Å²) in [6, 6.07) is 12.3. The molecule has 0 aliphatic rings. The zero-order valence-corrected chi connectivity index (χ0v) is 13.8. The average Bonchev–Trinajstić information content (AvgIpc) is 2.71. The van der Waals surface area contributed by atoms with Gasteiger partial charge in [0.15, 0.2) is 5.65 Å². The molecule has 3 aromatic rings. The van der Waals surface area contributed by atoms with Crippen molar-refractivity contribution in [2.45, 2.75) is 11.8 Å². The average molecular weight is 401 g/mol. The summed E-state index contributed by atoms with van der Waals surface area (Å²) in [4.78, 5) is 5.61. The Morgan fingerprint density at radius 1 is 1.21 bits per heavy atom. The molecule has 0 aliphatic carbocycles. The fraction of sp³-hybridized carbons (Fsp3) is 0.0714. The molecule has 0 fully saturated rings. The minimum absolute atomic E-state index is 0.742. The predicted octanol–water partition coefficient (Wildman–Crippen LogP) is 5.16. The van der Waals surface area contributed by atoms with Crippen molar-refractivity contribution in [1.82, 2.24) is 8.96 Å². The summed E-state index contributed by atoms with van der Waals surface area (Å²) in [5.74, 6) is 0. The number of benzene rings is 1. The summed E-state index contributed by atoms with van der Waals surface area (Å²) in [7, 11) is 0. The number of hydrogen-bond acceptors (Lipinski definition) is 2. The Balaban J connectivity index is 2.07. The van der Waals surface area contributed by atoms with Crippen LogP contribution in [-0.4, -0.2) is 8.96 Å². The Morgan fingerprint density at radius 2 is 1.95 bits per heavy atom. The number of hydrogen-bond donors (Lipinski definition) is 0. The maximum absolute atomic E-state index is 6.20. The van der Waals surface area contributed by atoms with Gasteiger partial charge < -0.3 is 0 Å². The van der Waals surface area contributed by atoms with E-state index in [1.54, 1.807) is 18.1 Å². The molecule has 0 bridgehead atoms. The molecule has 0 radical (unpaired) electrons. The van der Waals surface area contributed by atoms with E-state index >= 15 is 0 Å². The molecule has 0 N–H and O–H groups in total. The molecule has 96 valence electrons. The molecular formula is C14H10ClIN2S. The van der Waals surface area contributed by atoms with E-state index in [9.17, 15) is 0 Å². The van der Waals surface area contributed by atoms with Gasteiger partial charge in [-0.05, 0) is 65.7 Å². The lowest BCUT2D eigenvalue weighted by Crippen LogP contribution is -1.91. The van der Waals surface area contributed by atoms with Crippen molar-refractivity contribution in [1.29, 1.82) is 0 Å². The van der Waals surface area contributed by atoms with Crippen molar-refractivity contribution in [3.05, 3.63) is 56.9 Å². The summed E-state index contributed by atoms with van der Waals surface area (Å²) in [5.41, 5.74) is 2.17. The molecule has 3 rings (SSSR count). The molecule has 0 spiro atoms. The minimum atomic E-state index is 0.742. The first-order chi connectivity index (χ1) is 9.15. The normalized spacial score (nSPS) is 11.1. The van der Waals surface area contributed by atoms with Crippen LogP contribution in [0.2, 0.25) is 5.02 Å². The van der Waals surface area contributed by atoms with Gasteiger partial charge in [-0.1, -0.05) is 29.3 Å². The summed E-state index contributed by atoms with van der Waals surface area (Å²) < 4.78 is 3.21. The highest BCUT2D eigenvalue weighted by atomic mass is 127. The van der Waals surface area contributed by atoms with Gasteiger partial charge in [0.2, 0.25) is 0 Å². The van der Waals surface area contributed by atoms with Gasteiger partial charge in [0.05, 0.1) is 8.72 Å². The second-order valence-electron chi connectivity index (χ2n) is 4.20. The molecule has 5 heteroatoms. The van der Waals surface area contributed by atoms with Gasteiger partial charge in [-0.25, -0.2) is 4.98 Å². The van der Waals surface area contributed by atoms with Crippen molar-refractivity contribution in [2.75, 3.05) is 0 Å². The molecule has 0 aliphatic heterocycles. The number of nitrogens with zero attached hydrogens (tertiary/aromatic N) is 2. The molecule has 0 saturated carbocycles. The van der Waals surface area contributed by atoms with E-state index in [1.807, 2.05) is 6.07 Å². The maximum atomic E-state index is 6.20. The van der Waals surface area contributed by atoms with Crippen LogP contribution in [0.1, 0.15) is 5.56 Å². The van der Waals surface area contributed by atoms with E-state index < -0.39 is 0 Å². The van der Waals surface area contributed by atoms with Crippen LogP contribution in [0.15, 0.2) is 47.5 Å². The van der Waals surface area contributed by atoms with E-state index in [-0.39, 0.29) is 0 Å². The zero-order chi connectivity index (χ0) is 13.4. The lowest BCUT2D eigenvalue weighted by Gasteiger charge is -2.06. The largest absolute Gasteiger partial charge is 0.257 e. The second kappa shape index (κ2) is 5.34. The molecule has 19 heavy (non-hydrogen) atoms. The number of aromatic nitrogens is 2. The first-order valence-electron chi connectivity index (χ1n) is 5.71. The van der Waals surface area contributed by atoms with E-state index in [0.717, 1.165) is 19.8 Å². The third-order valence-corrected chi connectivity index (χ3v) is 5.27. The van der Waals surface area contributed by atoms with Gasteiger partial charge >= 0.3 is 0 Å². The van der Waals surface area contributed by atoms with E-state index in [0.29, 0.717) is 0 Å². The molecule has 1 aromatic carbocycles. The van der Waals surface area contributed by atoms with Crippen LogP contribution in [0.3, 0.4) is 0 Å². The molecule has 0 amide bonds. The van der Waals surface area contributed by atoms with Gasteiger partial charge in [0.25, 0.3) is 0 Å². The van der Waals surface area contributed by atoms with Crippen LogP contribution >= 0.6 is 46.1 Å². The van der Waals surface area contributed by atoms with Crippen LogP contribution < -0.4 is 0 Å². The van der Waals surface area contributed by atoms with E-state index in [4.69, 9.17) is 11.6 Å². The number of halogens is 2. The number of aryl methyl sites for hydroxylation is 1. The van der Waals surface area contributed by atoms with Crippen LogP contribution in [0.5, 0.6) is 0 Å². The highest BCUT2D eigenvalue weighted by Gasteiger charge is 2.11. The number of fused-ring (bicyclic) bond motifs is 1. The third kappa shape index (κ3) is 2.61. The van der Waals surface area contributed by atoms with Crippen LogP contribution in [0, 0.1) is 10.6 Å². The van der Waals surface area contributed by atoms with Gasteiger partial charge in [0, 0.05) is 16.5 Å². The molecule has 2 nitrogen and oxygen atoms in total. The highest BCUT2D eigenvalue weighted by Crippen LogP contribution is 2.32. The molecule has 0 saturated heterocycles. The standard InChI is InChI=1S/C14H10ClIN2S/c1-9-2-4-10(5-3-9)19-18-13(16)8-11-12(15)6-7-17-14(11)18/h2-8H,1H3. The highest BCUT2D eigenvalue weighted by molar-refractivity contribution is 14.1. The monoisotopic (exact) mass is 400 g/mol. The molecule has 0 unspecified atom stereocenters. The first kappa shape index (κ1) is 13.3. The lowest BCUT2D eigenvalue weighted by molar-refractivity contribution is 1.21. The molecular weight excluding hydrogens is 391 g/mol. The quantitative estimate of drug-likeness (QED) is 0.553. The Morgan fingerprint density at radius 3 is 2.68 bits per heavy atom. The van der Waals surface area contributed by atoms with E-state index in [1.165, 1.54) is 10.5 Å². The van der Waals surface area contributed by atoms with Crippen LogP contribution in [-0.2, 0) is 0 Å². The smallest absolute Gasteiger partial charge is 0.152 e. The van der Waals surface area contributed by atoms with Crippen molar-refractivity contribution in [3.63, 3.8) is 0 Å².